The van der Waals surface area contributed by atoms with E-state index in [0.717, 1.165) is 12.0 Å². The minimum atomic E-state index is -0.718. The molecule has 1 amide bonds. The molecular weight excluding hydrogens is 370 g/mol. The predicted octanol–water partition coefficient (Wildman–Crippen LogP) is 3.84. The van der Waals surface area contributed by atoms with Crippen LogP contribution < -0.4 is 9.47 Å². The van der Waals surface area contributed by atoms with E-state index in [1.54, 1.807) is 43.4 Å². The summed E-state index contributed by atoms with van der Waals surface area (Å²) in [6.45, 7) is 4.51. The van der Waals surface area contributed by atoms with Gasteiger partial charge < -0.3 is 19.5 Å². The van der Waals surface area contributed by atoms with Crippen LogP contribution in [0.25, 0.3) is 5.76 Å². The molecule has 1 aliphatic rings. The number of hydrogen-bond donors (Lipinski definition) is 1. The lowest BCUT2D eigenvalue weighted by Gasteiger charge is -2.21. The molecule has 152 valence electrons. The van der Waals surface area contributed by atoms with Gasteiger partial charge in [0.15, 0.2) is 0 Å². The highest BCUT2D eigenvalue weighted by Crippen LogP contribution is 2.40. The minimum absolute atomic E-state index is 0.0450. The average Bonchev–Trinajstić information content (AvgIpc) is 2.96. The van der Waals surface area contributed by atoms with Crippen LogP contribution in [-0.4, -0.2) is 42.5 Å². The Balaban J connectivity index is 2.10. The third kappa shape index (κ3) is 3.83. The van der Waals surface area contributed by atoms with Gasteiger partial charge in [0.2, 0.25) is 0 Å². The van der Waals surface area contributed by atoms with Crippen LogP contribution in [-0.2, 0) is 9.59 Å². The zero-order chi connectivity index (χ0) is 21.1. The summed E-state index contributed by atoms with van der Waals surface area (Å²) in [4.78, 5) is 26.5. The van der Waals surface area contributed by atoms with Crippen LogP contribution >= 0.6 is 0 Å². The number of likely N-dealkylation sites (N-methyl/N-ethyl adjacent to an activating group) is 1. The van der Waals surface area contributed by atoms with Gasteiger partial charge in [0, 0.05) is 7.05 Å². The first-order chi connectivity index (χ1) is 13.9. The molecule has 1 aliphatic heterocycles. The molecule has 0 radical (unpaired) electrons. The third-order valence-electron chi connectivity index (χ3n) is 4.95. The van der Waals surface area contributed by atoms with Gasteiger partial charge in [0.1, 0.15) is 17.3 Å². The van der Waals surface area contributed by atoms with Crippen molar-refractivity contribution in [2.75, 3.05) is 20.8 Å². The zero-order valence-corrected chi connectivity index (χ0v) is 17.1. The summed E-state index contributed by atoms with van der Waals surface area (Å²) in [6.07, 6.45) is 0.898. The van der Waals surface area contributed by atoms with Gasteiger partial charge in [0.25, 0.3) is 11.7 Å². The van der Waals surface area contributed by atoms with Crippen molar-refractivity contribution in [1.29, 1.82) is 0 Å². The number of rotatable bonds is 6. The SMILES string of the molecule is CCCOc1ccc(C2/C(=C(\O)c3cc(C)ccc3OC)C(=O)C(=O)N2C)cc1. The number of aliphatic hydroxyl groups is 1. The first-order valence-corrected chi connectivity index (χ1v) is 9.51. The number of hydrogen-bond acceptors (Lipinski definition) is 5. The first-order valence-electron chi connectivity index (χ1n) is 9.51. The Morgan fingerprint density at radius 2 is 1.83 bits per heavy atom. The van der Waals surface area contributed by atoms with E-state index in [1.807, 2.05) is 19.9 Å². The summed E-state index contributed by atoms with van der Waals surface area (Å²) in [6, 6.07) is 11.8. The van der Waals surface area contributed by atoms with E-state index in [4.69, 9.17) is 9.47 Å². The molecule has 6 heteroatoms. The maximum Gasteiger partial charge on any atom is 0.295 e. The lowest BCUT2D eigenvalue weighted by molar-refractivity contribution is -0.139. The number of Topliss-reactive ketones (excluding diaryl/α,β-unsaturated/α-hetero) is 1. The Kier molecular flexibility index (Phi) is 5.92. The number of ketones is 1. The topological polar surface area (TPSA) is 76.1 Å². The molecule has 29 heavy (non-hydrogen) atoms. The maximum atomic E-state index is 12.7. The summed E-state index contributed by atoms with van der Waals surface area (Å²) >= 11 is 0. The second-order valence-electron chi connectivity index (χ2n) is 7.03. The Morgan fingerprint density at radius 1 is 1.14 bits per heavy atom. The molecule has 1 heterocycles. The molecule has 0 saturated carbocycles. The van der Waals surface area contributed by atoms with E-state index >= 15 is 0 Å². The number of amides is 1. The van der Waals surface area contributed by atoms with Crippen molar-refractivity contribution in [2.45, 2.75) is 26.3 Å². The Bertz CT molecular complexity index is 962. The Morgan fingerprint density at radius 3 is 2.45 bits per heavy atom. The molecule has 1 fully saturated rings. The van der Waals surface area contributed by atoms with Crippen LogP contribution in [0.4, 0.5) is 0 Å². The van der Waals surface area contributed by atoms with Crippen LogP contribution in [0.15, 0.2) is 48.0 Å². The molecule has 2 aromatic rings. The molecule has 0 spiro atoms. The highest BCUT2D eigenvalue weighted by molar-refractivity contribution is 6.46. The van der Waals surface area contributed by atoms with E-state index < -0.39 is 17.7 Å². The second kappa shape index (κ2) is 8.39. The molecule has 0 bridgehead atoms. The van der Waals surface area contributed by atoms with Crippen LogP contribution in [0.2, 0.25) is 0 Å². The van der Waals surface area contributed by atoms with Crippen LogP contribution in [0, 0.1) is 6.92 Å². The zero-order valence-electron chi connectivity index (χ0n) is 17.1. The van der Waals surface area contributed by atoms with Gasteiger partial charge in [-0.15, -0.1) is 0 Å². The van der Waals surface area contributed by atoms with Crippen molar-refractivity contribution in [3.63, 3.8) is 0 Å². The second-order valence-corrected chi connectivity index (χ2v) is 7.03. The molecule has 3 rings (SSSR count). The summed E-state index contributed by atoms with van der Waals surface area (Å²) in [5.74, 6) is -0.481. The minimum Gasteiger partial charge on any atom is -0.507 e. The van der Waals surface area contributed by atoms with Gasteiger partial charge in [-0.25, -0.2) is 0 Å². The van der Waals surface area contributed by atoms with Crippen molar-refractivity contribution in [3.05, 3.63) is 64.7 Å². The van der Waals surface area contributed by atoms with Crippen LogP contribution in [0.1, 0.15) is 36.1 Å². The maximum absolute atomic E-state index is 12.7. The van der Waals surface area contributed by atoms with Gasteiger partial charge in [-0.3, -0.25) is 9.59 Å². The van der Waals surface area contributed by atoms with Gasteiger partial charge in [0.05, 0.1) is 30.9 Å². The first kappa shape index (κ1) is 20.5. The van der Waals surface area contributed by atoms with Crippen molar-refractivity contribution in [1.82, 2.24) is 4.90 Å². The standard InChI is InChI=1S/C23H25NO5/c1-5-12-29-16-9-7-15(8-10-16)20-19(22(26)23(27)24(20)3)21(25)17-13-14(2)6-11-18(17)28-4/h6-11,13,20,25H,5,12H2,1-4H3/b21-19+. The average molecular weight is 395 g/mol. The number of aryl methyl sites for hydroxylation is 1. The monoisotopic (exact) mass is 395 g/mol. The van der Waals surface area contributed by atoms with E-state index in [9.17, 15) is 14.7 Å². The number of likely N-dealkylation sites (tertiary alicyclic amines) is 1. The number of carbonyl (C=O) groups is 2. The molecule has 1 N–H and O–H groups in total. The normalized spacial score (nSPS) is 18.2. The fraction of sp³-hybridized carbons (Fsp3) is 0.304. The van der Waals surface area contributed by atoms with Gasteiger partial charge in [-0.2, -0.15) is 0 Å². The van der Waals surface area contributed by atoms with E-state index in [1.165, 1.54) is 12.0 Å². The van der Waals surface area contributed by atoms with Crippen molar-refractivity contribution >= 4 is 17.4 Å². The number of methoxy groups -OCH3 is 1. The number of carbonyl (C=O) groups excluding carboxylic acids is 2. The smallest absolute Gasteiger partial charge is 0.295 e. The molecule has 1 saturated heterocycles. The summed E-state index contributed by atoms with van der Waals surface area (Å²) in [5.41, 5.74) is 2.03. The molecular formula is C23H25NO5. The number of ether oxygens (including phenoxy) is 2. The fourth-order valence-electron chi connectivity index (χ4n) is 3.46. The van der Waals surface area contributed by atoms with E-state index in [2.05, 4.69) is 0 Å². The van der Waals surface area contributed by atoms with Crippen molar-refractivity contribution < 1.29 is 24.2 Å². The Hall–Kier alpha value is -3.28. The summed E-state index contributed by atoms with van der Waals surface area (Å²) in [7, 11) is 3.05. The third-order valence-corrected chi connectivity index (χ3v) is 4.95. The Labute approximate surface area is 170 Å². The van der Waals surface area contributed by atoms with Crippen molar-refractivity contribution in [2.24, 2.45) is 0 Å². The summed E-state index contributed by atoms with van der Waals surface area (Å²) in [5, 5.41) is 11.0. The summed E-state index contributed by atoms with van der Waals surface area (Å²) < 4.78 is 10.9. The number of aliphatic hydroxyl groups excluding tert-OH is 1. The van der Waals surface area contributed by atoms with Gasteiger partial charge >= 0.3 is 0 Å². The fourth-order valence-corrected chi connectivity index (χ4v) is 3.46. The van der Waals surface area contributed by atoms with Gasteiger partial charge in [-0.05, 0) is 43.2 Å². The van der Waals surface area contributed by atoms with Crippen molar-refractivity contribution in [3.8, 4) is 11.5 Å². The van der Waals surface area contributed by atoms with E-state index in [0.29, 0.717) is 29.2 Å². The van der Waals surface area contributed by atoms with Crippen LogP contribution in [0.5, 0.6) is 11.5 Å². The quantitative estimate of drug-likeness (QED) is 0.457. The molecule has 6 nitrogen and oxygen atoms in total. The molecule has 1 atom stereocenters. The van der Waals surface area contributed by atoms with Gasteiger partial charge in [-0.1, -0.05) is 30.7 Å². The lowest BCUT2D eigenvalue weighted by atomic mass is 9.94. The molecule has 0 aromatic heterocycles. The molecule has 2 aromatic carbocycles. The van der Waals surface area contributed by atoms with E-state index in [-0.39, 0.29) is 11.3 Å². The number of benzene rings is 2. The predicted molar refractivity (Wildman–Crippen MR) is 110 cm³/mol. The largest absolute Gasteiger partial charge is 0.507 e. The lowest BCUT2D eigenvalue weighted by Crippen LogP contribution is -2.24. The van der Waals surface area contributed by atoms with Crippen LogP contribution in [0.3, 0.4) is 0 Å². The molecule has 0 aliphatic carbocycles. The molecule has 1 unspecified atom stereocenters. The highest BCUT2D eigenvalue weighted by Gasteiger charge is 2.44. The number of nitrogens with zero attached hydrogens (tertiary/aromatic N) is 1. The highest BCUT2D eigenvalue weighted by atomic mass is 16.5.